The van der Waals surface area contributed by atoms with E-state index >= 15 is 0 Å². The summed E-state index contributed by atoms with van der Waals surface area (Å²) in [6.07, 6.45) is 0.361. The van der Waals surface area contributed by atoms with Crippen molar-refractivity contribution in [2.45, 2.75) is 6.42 Å². The molecule has 3 nitrogen and oxygen atoms in total. The Morgan fingerprint density at radius 3 is 2.65 bits per heavy atom. The van der Waals surface area contributed by atoms with E-state index in [0.29, 0.717) is 13.0 Å². The highest BCUT2D eigenvalue weighted by Crippen LogP contribution is 2.10. The first-order valence-corrected chi connectivity index (χ1v) is 6.41. The van der Waals surface area contributed by atoms with Gasteiger partial charge in [0.25, 0.3) is 0 Å². The van der Waals surface area contributed by atoms with Crippen LogP contribution in [-0.2, 0) is 11.2 Å². The number of hydrogen-bond donors (Lipinski definition) is 2. The van der Waals surface area contributed by atoms with E-state index in [1.165, 1.54) is 0 Å². The lowest BCUT2D eigenvalue weighted by Crippen LogP contribution is -2.14. The van der Waals surface area contributed by atoms with Gasteiger partial charge in [0, 0.05) is 11.3 Å². The van der Waals surface area contributed by atoms with Gasteiger partial charge in [-0.3, -0.25) is 4.79 Å². The molecule has 100 valence electrons. The van der Waals surface area contributed by atoms with Gasteiger partial charge >= 0.3 is 0 Å². The summed E-state index contributed by atoms with van der Waals surface area (Å²) in [6, 6.07) is 17.1. The average molecular weight is 264 g/mol. The van der Waals surface area contributed by atoms with Crippen LogP contribution in [0, 0.1) is 11.8 Å². The first-order valence-electron chi connectivity index (χ1n) is 6.41. The number of benzene rings is 2. The highest BCUT2D eigenvalue weighted by molar-refractivity contribution is 5.92. The lowest BCUT2D eigenvalue weighted by Gasteiger charge is -2.05. The number of rotatable bonds is 3. The lowest BCUT2D eigenvalue weighted by atomic mass is 10.1. The number of hydrogen-bond acceptors (Lipinski definition) is 2. The molecule has 2 aromatic carbocycles. The maximum atomic E-state index is 11.9. The SMILES string of the molecule is NCC#Cc1cccc(NC(=O)Cc2ccccc2)c1. The van der Waals surface area contributed by atoms with Crippen LogP contribution in [0.15, 0.2) is 54.6 Å². The molecular weight excluding hydrogens is 248 g/mol. The maximum Gasteiger partial charge on any atom is 0.228 e. The molecule has 0 radical (unpaired) electrons. The van der Waals surface area contributed by atoms with Crippen LogP contribution in [0.1, 0.15) is 11.1 Å². The molecule has 0 bridgehead atoms. The molecule has 0 heterocycles. The van der Waals surface area contributed by atoms with E-state index < -0.39 is 0 Å². The number of nitrogens with one attached hydrogen (secondary N) is 1. The molecule has 0 fully saturated rings. The smallest absolute Gasteiger partial charge is 0.228 e. The Morgan fingerprint density at radius 1 is 1.10 bits per heavy atom. The number of carbonyl (C=O) groups excluding carboxylic acids is 1. The molecule has 0 unspecified atom stereocenters. The molecule has 3 N–H and O–H groups in total. The molecule has 1 amide bonds. The molecule has 0 aliphatic heterocycles. The Bertz CT molecular complexity index is 639. The van der Waals surface area contributed by atoms with Gasteiger partial charge < -0.3 is 11.1 Å². The maximum absolute atomic E-state index is 11.9. The van der Waals surface area contributed by atoms with E-state index in [1.54, 1.807) is 0 Å². The van der Waals surface area contributed by atoms with Gasteiger partial charge in [-0.05, 0) is 23.8 Å². The zero-order valence-corrected chi connectivity index (χ0v) is 11.1. The summed E-state index contributed by atoms with van der Waals surface area (Å²) in [6.45, 7) is 0.324. The van der Waals surface area contributed by atoms with E-state index in [4.69, 9.17) is 5.73 Å². The third kappa shape index (κ3) is 4.27. The van der Waals surface area contributed by atoms with Crippen molar-refractivity contribution in [1.29, 1.82) is 0 Å². The van der Waals surface area contributed by atoms with Gasteiger partial charge in [-0.2, -0.15) is 0 Å². The molecule has 0 aliphatic carbocycles. The van der Waals surface area contributed by atoms with Crippen molar-refractivity contribution in [2.75, 3.05) is 11.9 Å². The molecule has 0 spiro atoms. The molecule has 0 saturated heterocycles. The van der Waals surface area contributed by atoms with Crippen LogP contribution in [0.25, 0.3) is 0 Å². The minimum absolute atomic E-state index is 0.0415. The molecule has 2 rings (SSSR count). The number of anilines is 1. The zero-order chi connectivity index (χ0) is 14.2. The van der Waals surface area contributed by atoms with Gasteiger partial charge in [-0.1, -0.05) is 48.2 Å². The van der Waals surface area contributed by atoms with Crippen LogP contribution in [0.4, 0.5) is 5.69 Å². The van der Waals surface area contributed by atoms with Crippen molar-refractivity contribution in [3.63, 3.8) is 0 Å². The summed E-state index contributed by atoms with van der Waals surface area (Å²) in [7, 11) is 0. The highest BCUT2D eigenvalue weighted by Gasteiger charge is 2.03. The first-order chi connectivity index (χ1) is 9.78. The van der Waals surface area contributed by atoms with Crippen LogP contribution in [0.5, 0.6) is 0 Å². The summed E-state index contributed by atoms with van der Waals surface area (Å²) >= 11 is 0. The molecule has 3 heteroatoms. The molecule has 20 heavy (non-hydrogen) atoms. The van der Waals surface area contributed by atoms with Crippen molar-refractivity contribution in [3.8, 4) is 11.8 Å². The van der Waals surface area contributed by atoms with E-state index in [-0.39, 0.29) is 5.91 Å². The second kappa shape index (κ2) is 7.13. The first kappa shape index (κ1) is 13.9. The van der Waals surface area contributed by atoms with Crippen LogP contribution in [0.2, 0.25) is 0 Å². The fourth-order valence-corrected chi connectivity index (χ4v) is 1.81. The van der Waals surface area contributed by atoms with Gasteiger partial charge in [-0.15, -0.1) is 0 Å². The van der Waals surface area contributed by atoms with Gasteiger partial charge in [-0.25, -0.2) is 0 Å². The van der Waals surface area contributed by atoms with Crippen LogP contribution < -0.4 is 11.1 Å². The van der Waals surface area contributed by atoms with E-state index in [0.717, 1.165) is 16.8 Å². The fourth-order valence-electron chi connectivity index (χ4n) is 1.81. The quantitative estimate of drug-likeness (QED) is 0.835. The topological polar surface area (TPSA) is 55.1 Å². The van der Waals surface area contributed by atoms with Crippen LogP contribution >= 0.6 is 0 Å². The van der Waals surface area contributed by atoms with E-state index in [9.17, 15) is 4.79 Å². The van der Waals surface area contributed by atoms with Gasteiger partial charge in [0.05, 0.1) is 13.0 Å². The summed E-state index contributed by atoms with van der Waals surface area (Å²) in [4.78, 5) is 11.9. The van der Waals surface area contributed by atoms with Crippen molar-refractivity contribution in [3.05, 3.63) is 65.7 Å². The molecule has 0 aliphatic rings. The predicted molar refractivity (Wildman–Crippen MR) is 81.2 cm³/mol. The standard InChI is InChI=1S/C17H16N2O/c18-11-5-9-14-8-4-10-16(12-14)19-17(20)13-15-6-2-1-3-7-15/h1-4,6-8,10,12H,11,13,18H2,(H,19,20). The second-order valence-corrected chi connectivity index (χ2v) is 4.30. The summed E-state index contributed by atoms with van der Waals surface area (Å²) < 4.78 is 0. The molecule has 2 aromatic rings. The lowest BCUT2D eigenvalue weighted by molar-refractivity contribution is -0.115. The zero-order valence-electron chi connectivity index (χ0n) is 11.1. The average Bonchev–Trinajstić information content (AvgIpc) is 2.46. The summed E-state index contributed by atoms with van der Waals surface area (Å²) in [5.41, 5.74) is 7.91. The molecule has 0 saturated carbocycles. The minimum atomic E-state index is -0.0415. The van der Waals surface area contributed by atoms with Crippen molar-refractivity contribution >= 4 is 11.6 Å². The molecule has 0 aromatic heterocycles. The van der Waals surface area contributed by atoms with Crippen molar-refractivity contribution < 1.29 is 4.79 Å². The third-order valence-electron chi connectivity index (χ3n) is 2.69. The van der Waals surface area contributed by atoms with Gasteiger partial charge in [0.2, 0.25) is 5.91 Å². The Balaban J connectivity index is 2.01. The summed E-state index contributed by atoms with van der Waals surface area (Å²) in [5, 5.41) is 2.87. The molecule has 0 atom stereocenters. The van der Waals surface area contributed by atoms with Crippen molar-refractivity contribution in [2.24, 2.45) is 5.73 Å². The van der Waals surface area contributed by atoms with E-state index in [2.05, 4.69) is 17.2 Å². The van der Waals surface area contributed by atoms with Crippen molar-refractivity contribution in [1.82, 2.24) is 0 Å². The predicted octanol–water partition coefficient (Wildman–Crippen LogP) is 2.18. The Labute approximate surface area is 118 Å². The Hall–Kier alpha value is -2.57. The number of carbonyl (C=O) groups is 1. The highest BCUT2D eigenvalue weighted by atomic mass is 16.1. The number of nitrogens with two attached hydrogens (primary N) is 1. The van der Waals surface area contributed by atoms with Gasteiger partial charge in [0.15, 0.2) is 0 Å². The largest absolute Gasteiger partial charge is 0.326 e. The normalized spacial score (nSPS) is 9.45. The third-order valence-corrected chi connectivity index (χ3v) is 2.69. The minimum Gasteiger partial charge on any atom is -0.326 e. The molecular formula is C17H16N2O. The Kier molecular flexibility index (Phi) is 4.94. The van der Waals surface area contributed by atoms with E-state index in [1.807, 2.05) is 54.6 Å². The Morgan fingerprint density at radius 2 is 1.90 bits per heavy atom. The van der Waals surface area contributed by atoms with Gasteiger partial charge in [0.1, 0.15) is 0 Å². The number of amides is 1. The summed E-state index contributed by atoms with van der Waals surface area (Å²) in [5.74, 6) is 5.69. The monoisotopic (exact) mass is 264 g/mol. The fraction of sp³-hybridized carbons (Fsp3) is 0.118. The second-order valence-electron chi connectivity index (χ2n) is 4.30. The van der Waals surface area contributed by atoms with Crippen LogP contribution in [-0.4, -0.2) is 12.5 Å². The van der Waals surface area contributed by atoms with Crippen LogP contribution in [0.3, 0.4) is 0 Å².